The lowest BCUT2D eigenvalue weighted by Gasteiger charge is -2.25. The summed E-state index contributed by atoms with van der Waals surface area (Å²) in [5.41, 5.74) is -12.5. The summed E-state index contributed by atoms with van der Waals surface area (Å²) in [6, 6.07) is -0.718. The molecular formula is C10H19F6NO6S2Si. The normalized spacial score (nSPS) is 14.4. The van der Waals surface area contributed by atoms with E-state index in [1.807, 2.05) is 0 Å². The Morgan fingerprint density at radius 3 is 1.42 bits per heavy atom. The molecule has 0 heterocycles. The van der Waals surface area contributed by atoms with Crippen LogP contribution in [0.5, 0.6) is 0 Å². The highest BCUT2D eigenvalue weighted by Gasteiger charge is 2.61. The van der Waals surface area contributed by atoms with Crippen LogP contribution in [0.4, 0.5) is 26.3 Å². The molecule has 0 unspecified atom stereocenters. The Morgan fingerprint density at radius 1 is 0.808 bits per heavy atom. The molecule has 0 spiro atoms. The van der Waals surface area contributed by atoms with E-state index in [1.54, 1.807) is 13.8 Å². The van der Waals surface area contributed by atoms with Crippen LogP contribution in [0.2, 0.25) is 6.04 Å². The van der Waals surface area contributed by atoms with Crippen LogP contribution in [0.25, 0.3) is 0 Å². The van der Waals surface area contributed by atoms with Crippen LogP contribution >= 0.6 is 0 Å². The molecule has 0 aromatic heterocycles. The number of rotatable bonds is 11. The van der Waals surface area contributed by atoms with Crippen molar-refractivity contribution in [1.82, 2.24) is 3.71 Å². The van der Waals surface area contributed by atoms with E-state index in [1.165, 1.54) is 0 Å². The van der Waals surface area contributed by atoms with Gasteiger partial charge in [0.25, 0.3) is 0 Å². The van der Waals surface area contributed by atoms with Crippen molar-refractivity contribution in [3.05, 3.63) is 0 Å². The first-order valence-electron chi connectivity index (χ1n) is 7.26. The standard InChI is InChI=1S/C10H19F6NO6S2Si/c1-3-6-22-26(23-7-4-2)8-5-17(24(18,19)9(11,12)13)25(20,21)10(14,15)16/h26H,3-8H2,1-2H3. The zero-order valence-corrected chi connectivity index (χ0v) is 16.6. The van der Waals surface area contributed by atoms with Gasteiger partial charge in [-0.25, -0.2) is 16.8 Å². The average molecular weight is 455 g/mol. The maximum absolute atomic E-state index is 12.6. The van der Waals surface area contributed by atoms with Gasteiger partial charge in [-0.1, -0.05) is 17.6 Å². The van der Waals surface area contributed by atoms with Gasteiger partial charge in [0.05, 0.1) is 0 Å². The van der Waals surface area contributed by atoms with E-state index >= 15 is 0 Å². The summed E-state index contributed by atoms with van der Waals surface area (Å²) in [4.78, 5) is 0. The molecule has 16 heteroatoms. The van der Waals surface area contributed by atoms with Crippen molar-refractivity contribution in [3.63, 3.8) is 0 Å². The van der Waals surface area contributed by atoms with Crippen molar-refractivity contribution in [2.45, 2.75) is 43.7 Å². The Labute approximate surface area is 149 Å². The van der Waals surface area contributed by atoms with Crippen LogP contribution in [-0.4, -0.2) is 60.6 Å². The van der Waals surface area contributed by atoms with E-state index in [2.05, 4.69) is 0 Å². The first kappa shape index (κ1) is 25.6. The lowest BCUT2D eigenvalue weighted by molar-refractivity contribution is -0.0530. The molecule has 0 aliphatic heterocycles. The van der Waals surface area contributed by atoms with Crippen LogP contribution in [0.3, 0.4) is 0 Å². The maximum Gasteiger partial charge on any atom is 0.512 e. The second-order valence-corrected chi connectivity index (χ2v) is 10.9. The van der Waals surface area contributed by atoms with E-state index in [4.69, 9.17) is 8.85 Å². The third kappa shape index (κ3) is 6.63. The zero-order chi connectivity index (χ0) is 20.8. The smallest absolute Gasteiger partial charge is 0.397 e. The summed E-state index contributed by atoms with van der Waals surface area (Å²) in [5.74, 6) is 0. The minimum absolute atomic E-state index is 0.0820. The highest BCUT2D eigenvalue weighted by molar-refractivity contribution is 8.04. The number of hydrogen-bond donors (Lipinski definition) is 0. The van der Waals surface area contributed by atoms with Gasteiger partial charge in [-0.2, -0.15) is 26.3 Å². The number of halogens is 6. The molecule has 0 saturated heterocycles. The molecular weight excluding hydrogens is 436 g/mol. The van der Waals surface area contributed by atoms with Crippen LogP contribution in [-0.2, 0) is 28.9 Å². The number of alkyl halides is 6. The van der Waals surface area contributed by atoms with E-state index in [0.717, 1.165) is 0 Å². The van der Waals surface area contributed by atoms with Gasteiger partial charge in [-0.15, -0.1) is 0 Å². The van der Waals surface area contributed by atoms with Gasteiger partial charge in [0.2, 0.25) is 0 Å². The van der Waals surface area contributed by atoms with Crippen LogP contribution in [0, 0.1) is 0 Å². The van der Waals surface area contributed by atoms with Gasteiger partial charge in [0, 0.05) is 25.8 Å². The van der Waals surface area contributed by atoms with Crippen LogP contribution in [0.15, 0.2) is 0 Å². The van der Waals surface area contributed by atoms with Gasteiger partial charge in [0.1, 0.15) is 0 Å². The first-order valence-corrected chi connectivity index (χ1v) is 11.9. The van der Waals surface area contributed by atoms with Crippen molar-refractivity contribution >= 4 is 29.3 Å². The third-order valence-corrected chi connectivity index (χ3v) is 8.41. The van der Waals surface area contributed by atoms with Crippen molar-refractivity contribution in [3.8, 4) is 0 Å². The highest BCUT2D eigenvalue weighted by Crippen LogP contribution is 2.35. The Balaban J connectivity index is 5.70. The molecule has 0 N–H and O–H groups in total. The van der Waals surface area contributed by atoms with Gasteiger partial charge < -0.3 is 8.85 Å². The van der Waals surface area contributed by atoms with E-state index < -0.39 is 56.6 Å². The van der Waals surface area contributed by atoms with Gasteiger partial charge in [-0.05, 0) is 12.8 Å². The van der Waals surface area contributed by atoms with Crippen molar-refractivity contribution in [1.29, 1.82) is 0 Å². The molecule has 0 amide bonds. The molecule has 26 heavy (non-hydrogen) atoms. The van der Waals surface area contributed by atoms with Gasteiger partial charge in [-0.3, -0.25) is 0 Å². The molecule has 0 aromatic carbocycles. The van der Waals surface area contributed by atoms with Gasteiger partial charge >= 0.3 is 40.3 Å². The Hall–Kier alpha value is -0.423. The molecule has 0 rings (SSSR count). The quantitative estimate of drug-likeness (QED) is 0.350. The summed E-state index contributed by atoms with van der Waals surface area (Å²) >= 11 is 0. The fourth-order valence-electron chi connectivity index (χ4n) is 1.52. The Kier molecular flexibility index (Phi) is 9.52. The SMILES string of the molecule is CCCO[SiH](CCN(S(=O)(=O)C(F)(F)F)S(=O)(=O)C(F)(F)F)OCCC. The molecule has 0 aliphatic rings. The fraction of sp³-hybridized carbons (Fsp3) is 1.00. The monoisotopic (exact) mass is 455 g/mol. The lowest BCUT2D eigenvalue weighted by Crippen LogP contribution is -2.50. The largest absolute Gasteiger partial charge is 0.512 e. The van der Waals surface area contributed by atoms with Crippen molar-refractivity contribution < 1.29 is 52.0 Å². The molecule has 0 saturated carbocycles. The molecule has 7 nitrogen and oxygen atoms in total. The maximum atomic E-state index is 12.6. The zero-order valence-electron chi connectivity index (χ0n) is 13.8. The first-order chi connectivity index (χ1) is 11.6. The topological polar surface area (TPSA) is 90.0 Å². The average Bonchev–Trinajstić information content (AvgIpc) is 2.46. The Bertz CT molecular complexity index is 583. The highest BCUT2D eigenvalue weighted by atomic mass is 32.3. The van der Waals surface area contributed by atoms with Crippen molar-refractivity contribution in [2.75, 3.05) is 19.8 Å². The van der Waals surface area contributed by atoms with E-state index in [0.29, 0.717) is 12.8 Å². The summed E-state index contributed by atoms with van der Waals surface area (Å²) in [7, 11) is -16.4. The molecule has 0 fully saturated rings. The second kappa shape index (κ2) is 9.68. The molecule has 0 aromatic rings. The third-order valence-electron chi connectivity index (χ3n) is 2.68. The van der Waals surface area contributed by atoms with E-state index in [9.17, 15) is 43.2 Å². The van der Waals surface area contributed by atoms with E-state index in [-0.39, 0.29) is 13.2 Å². The van der Waals surface area contributed by atoms with Crippen LogP contribution in [0.1, 0.15) is 26.7 Å². The van der Waals surface area contributed by atoms with Gasteiger partial charge in [0.15, 0.2) is 0 Å². The number of sulfonamides is 2. The Morgan fingerprint density at radius 2 is 1.15 bits per heavy atom. The minimum atomic E-state index is -6.78. The summed E-state index contributed by atoms with van der Waals surface area (Å²) in [6.07, 6.45) is 0.925. The second-order valence-electron chi connectivity index (χ2n) is 4.86. The molecule has 0 radical (unpaired) electrons. The molecule has 0 atom stereocenters. The van der Waals surface area contributed by atoms with Crippen molar-refractivity contribution in [2.24, 2.45) is 0 Å². The molecule has 0 bridgehead atoms. The lowest BCUT2D eigenvalue weighted by atomic mass is 10.5. The predicted octanol–water partition coefficient (Wildman–Crippen LogP) is 2.06. The molecule has 158 valence electrons. The number of hydrogen-bond acceptors (Lipinski definition) is 6. The summed E-state index contributed by atoms with van der Waals surface area (Å²) < 4.78 is 130. The molecule has 0 aliphatic carbocycles. The minimum Gasteiger partial charge on any atom is -0.397 e. The predicted molar refractivity (Wildman–Crippen MR) is 81.1 cm³/mol. The van der Waals surface area contributed by atoms with Crippen LogP contribution < -0.4 is 0 Å². The summed E-state index contributed by atoms with van der Waals surface area (Å²) in [6.45, 7) is 1.94. The number of nitrogens with zero attached hydrogens (tertiary/aromatic N) is 1. The summed E-state index contributed by atoms with van der Waals surface area (Å²) in [5, 5.41) is 0. The fourth-order valence-corrected chi connectivity index (χ4v) is 6.49.